The second-order valence-corrected chi connectivity index (χ2v) is 6.49. The molecule has 3 rings (SSSR count). The largest absolute Gasteiger partial charge is 0.366 e. The molecule has 1 aromatic carbocycles. The molecular weight excluding hydrogens is 286 g/mol. The van der Waals surface area contributed by atoms with Gasteiger partial charge in [0.2, 0.25) is 0 Å². The van der Waals surface area contributed by atoms with Crippen LogP contribution in [0.3, 0.4) is 0 Å². The minimum absolute atomic E-state index is 0.385. The summed E-state index contributed by atoms with van der Waals surface area (Å²) in [6.07, 6.45) is 6.07. The molecule has 0 bridgehead atoms. The molecule has 2 aliphatic rings. The number of amides is 1. The fraction of sp³-hybridized carbons (Fsp3) is 0.562. The van der Waals surface area contributed by atoms with Gasteiger partial charge in [-0.1, -0.05) is 18.0 Å². The molecule has 1 amide bonds. The van der Waals surface area contributed by atoms with Crippen LogP contribution in [-0.4, -0.2) is 31.1 Å². The zero-order chi connectivity index (χ0) is 14.8. The number of benzene rings is 1. The summed E-state index contributed by atoms with van der Waals surface area (Å²) in [6, 6.07) is 6.35. The van der Waals surface area contributed by atoms with Crippen molar-refractivity contribution in [3.05, 3.63) is 28.8 Å². The SMILES string of the molecule is NC(=O)c1ccc(Cl)cc1N(CC1CCCCN1)C1CC1. The topological polar surface area (TPSA) is 58.4 Å². The summed E-state index contributed by atoms with van der Waals surface area (Å²) in [5, 5.41) is 4.22. The van der Waals surface area contributed by atoms with Gasteiger partial charge in [0.25, 0.3) is 5.91 Å². The average molecular weight is 308 g/mol. The van der Waals surface area contributed by atoms with E-state index in [1.165, 1.54) is 32.1 Å². The van der Waals surface area contributed by atoms with Crippen LogP contribution in [0, 0.1) is 0 Å². The molecule has 5 heteroatoms. The first-order valence-electron chi connectivity index (χ1n) is 7.74. The molecule has 1 unspecified atom stereocenters. The number of nitrogens with one attached hydrogen (secondary N) is 1. The standard InChI is InChI=1S/C16H22ClN3O/c17-11-4-7-14(16(18)21)15(9-11)20(13-5-6-13)10-12-3-1-2-8-19-12/h4,7,9,12-13,19H,1-3,5-6,8,10H2,(H2,18,21). The van der Waals surface area contributed by atoms with Crippen LogP contribution in [0.15, 0.2) is 18.2 Å². The minimum atomic E-state index is -0.385. The first kappa shape index (κ1) is 14.7. The highest BCUT2D eigenvalue weighted by Gasteiger charge is 2.33. The lowest BCUT2D eigenvalue weighted by atomic mass is 10.0. The number of nitrogens with zero attached hydrogens (tertiary/aromatic N) is 1. The van der Waals surface area contributed by atoms with E-state index in [0.29, 0.717) is 22.7 Å². The Balaban J connectivity index is 1.86. The van der Waals surface area contributed by atoms with Gasteiger partial charge in [-0.05, 0) is 50.4 Å². The molecule has 0 spiro atoms. The Hall–Kier alpha value is -1.26. The van der Waals surface area contributed by atoms with Crippen molar-refractivity contribution in [3.63, 3.8) is 0 Å². The summed E-state index contributed by atoms with van der Waals surface area (Å²) in [5.74, 6) is -0.385. The number of halogens is 1. The third kappa shape index (κ3) is 3.50. The first-order chi connectivity index (χ1) is 10.1. The van der Waals surface area contributed by atoms with Gasteiger partial charge in [-0.25, -0.2) is 0 Å². The lowest BCUT2D eigenvalue weighted by molar-refractivity contribution is 0.100. The lowest BCUT2D eigenvalue weighted by Gasteiger charge is -2.33. The Morgan fingerprint density at radius 3 is 2.76 bits per heavy atom. The third-order valence-electron chi connectivity index (χ3n) is 4.35. The maximum Gasteiger partial charge on any atom is 0.250 e. The molecule has 4 nitrogen and oxygen atoms in total. The van der Waals surface area contributed by atoms with E-state index in [1.807, 2.05) is 6.07 Å². The fourth-order valence-corrected chi connectivity index (χ4v) is 3.26. The van der Waals surface area contributed by atoms with Crippen molar-refractivity contribution in [2.24, 2.45) is 5.73 Å². The molecule has 1 aliphatic heterocycles. The molecule has 1 saturated heterocycles. The molecule has 114 valence electrons. The van der Waals surface area contributed by atoms with Gasteiger partial charge >= 0.3 is 0 Å². The van der Waals surface area contributed by atoms with Crippen LogP contribution < -0.4 is 16.0 Å². The Labute approximate surface area is 130 Å². The predicted octanol–water partition coefficient (Wildman–Crippen LogP) is 2.55. The summed E-state index contributed by atoms with van der Waals surface area (Å²) >= 11 is 6.14. The van der Waals surface area contributed by atoms with Crippen LogP contribution in [-0.2, 0) is 0 Å². The molecule has 2 fully saturated rings. The second kappa shape index (κ2) is 6.24. The number of hydrogen-bond donors (Lipinski definition) is 2. The van der Waals surface area contributed by atoms with E-state index in [1.54, 1.807) is 12.1 Å². The number of rotatable bonds is 5. The van der Waals surface area contributed by atoms with Gasteiger partial charge in [0, 0.05) is 23.7 Å². The molecule has 1 aliphatic carbocycles. The summed E-state index contributed by atoms with van der Waals surface area (Å²) in [7, 11) is 0. The number of nitrogens with two attached hydrogens (primary N) is 1. The predicted molar refractivity (Wildman–Crippen MR) is 86.0 cm³/mol. The van der Waals surface area contributed by atoms with Crippen molar-refractivity contribution in [2.45, 2.75) is 44.2 Å². The molecule has 1 heterocycles. The summed E-state index contributed by atoms with van der Waals surface area (Å²) in [6.45, 7) is 2.01. The third-order valence-corrected chi connectivity index (χ3v) is 4.59. The van der Waals surface area contributed by atoms with Gasteiger partial charge in [0.1, 0.15) is 0 Å². The van der Waals surface area contributed by atoms with Gasteiger partial charge in [0.05, 0.1) is 11.3 Å². The number of piperidine rings is 1. The number of carbonyl (C=O) groups is 1. The van der Waals surface area contributed by atoms with Crippen molar-refractivity contribution in [2.75, 3.05) is 18.0 Å². The van der Waals surface area contributed by atoms with E-state index in [0.717, 1.165) is 18.8 Å². The van der Waals surface area contributed by atoms with E-state index in [9.17, 15) is 4.79 Å². The lowest BCUT2D eigenvalue weighted by Crippen LogP contribution is -2.45. The number of carbonyl (C=O) groups excluding carboxylic acids is 1. The van der Waals surface area contributed by atoms with Crippen molar-refractivity contribution < 1.29 is 4.79 Å². The normalized spacial score (nSPS) is 22.0. The molecule has 0 aromatic heterocycles. The zero-order valence-electron chi connectivity index (χ0n) is 12.1. The highest BCUT2D eigenvalue weighted by Crippen LogP contribution is 2.35. The molecule has 1 atom stereocenters. The highest BCUT2D eigenvalue weighted by atomic mass is 35.5. The van der Waals surface area contributed by atoms with Crippen molar-refractivity contribution in [1.29, 1.82) is 0 Å². The van der Waals surface area contributed by atoms with E-state index in [-0.39, 0.29) is 5.91 Å². The van der Waals surface area contributed by atoms with Gasteiger partial charge in [-0.15, -0.1) is 0 Å². The smallest absolute Gasteiger partial charge is 0.250 e. The molecule has 1 aromatic rings. The minimum Gasteiger partial charge on any atom is -0.366 e. The van der Waals surface area contributed by atoms with E-state index < -0.39 is 0 Å². The van der Waals surface area contributed by atoms with Gasteiger partial charge < -0.3 is 16.0 Å². The van der Waals surface area contributed by atoms with Gasteiger partial charge in [-0.3, -0.25) is 4.79 Å². The van der Waals surface area contributed by atoms with E-state index in [4.69, 9.17) is 17.3 Å². The maximum atomic E-state index is 11.7. The fourth-order valence-electron chi connectivity index (χ4n) is 3.10. The Morgan fingerprint density at radius 1 is 1.33 bits per heavy atom. The summed E-state index contributed by atoms with van der Waals surface area (Å²) in [5.41, 5.74) is 7.00. The van der Waals surface area contributed by atoms with Crippen LogP contribution >= 0.6 is 11.6 Å². The van der Waals surface area contributed by atoms with Crippen LogP contribution in [0.25, 0.3) is 0 Å². The zero-order valence-corrected chi connectivity index (χ0v) is 12.9. The molecule has 3 N–H and O–H groups in total. The molecule has 1 saturated carbocycles. The summed E-state index contributed by atoms with van der Waals surface area (Å²) in [4.78, 5) is 14.0. The number of hydrogen-bond acceptors (Lipinski definition) is 3. The maximum absolute atomic E-state index is 11.7. The molecular formula is C16H22ClN3O. The average Bonchev–Trinajstić information content (AvgIpc) is 3.30. The monoisotopic (exact) mass is 307 g/mol. The van der Waals surface area contributed by atoms with Crippen LogP contribution in [0.2, 0.25) is 5.02 Å². The van der Waals surface area contributed by atoms with E-state index in [2.05, 4.69) is 10.2 Å². The highest BCUT2D eigenvalue weighted by molar-refractivity contribution is 6.31. The van der Waals surface area contributed by atoms with Crippen molar-refractivity contribution in [1.82, 2.24) is 5.32 Å². The van der Waals surface area contributed by atoms with Crippen molar-refractivity contribution >= 4 is 23.2 Å². The Morgan fingerprint density at radius 2 is 2.14 bits per heavy atom. The Kier molecular flexibility index (Phi) is 4.36. The van der Waals surface area contributed by atoms with Crippen molar-refractivity contribution in [3.8, 4) is 0 Å². The van der Waals surface area contributed by atoms with Crippen LogP contribution in [0.1, 0.15) is 42.5 Å². The number of anilines is 1. The Bertz CT molecular complexity index is 524. The summed E-state index contributed by atoms with van der Waals surface area (Å²) < 4.78 is 0. The number of primary amides is 1. The van der Waals surface area contributed by atoms with Gasteiger partial charge in [0.15, 0.2) is 0 Å². The molecule has 0 radical (unpaired) electrons. The van der Waals surface area contributed by atoms with E-state index >= 15 is 0 Å². The van der Waals surface area contributed by atoms with Crippen LogP contribution in [0.4, 0.5) is 5.69 Å². The van der Waals surface area contributed by atoms with Crippen LogP contribution in [0.5, 0.6) is 0 Å². The second-order valence-electron chi connectivity index (χ2n) is 6.06. The quantitative estimate of drug-likeness (QED) is 0.879. The van der Waals surface area contributed by atoms with Gasteiger partial charge in [-0.2, -0.15) is 0 Å². The first-order valence-corrected chi connectivity index (χ1v) is 8.12. The molecule has 21 heavy (non-hydrogen) atoms.